The van der Waals surface area contributed by atoms with Gasteiger partial charge in [0.15, 0.2) is 0 Å². The van der Waals surface area contributed by atoms with Crippen LogP contribution < -0.4 is 0 Å². The Hall–Kier alpha value is -0.900. The molecule has 50 valence electrons. The van der Waals surface area contributed by atoms with Gasteiger partial charge in [-0.15, -0.1) is 0 Å². The molecule has 0 radical (unpaired) electrons. The van der Waals surface area contributed by atoms with Gasteiger partial charge in [0.25, 0.3) is 0 Å². The highest BCUT2D eigenvalue weighted by Crippen LogP contribution is 2.17. The first-order valence-electron chi connectivity index (χ1n) is 3.04. The van der Waals surface area contributed by atoms with Crippen LogP contribution in [0.5, 0.6) is 0 Å². The number of thiocarbonyl (C=S) groups is 1. The van der Waals surface area contributed by atoms with E-state index in [2.05, 4.69) is 15.0 Å². The average molecular weight is 151 g/mol. The van der Waals surface area contributed by atoms with Crippen molar-refractivity contribution in [1.82, 2.24) is 0 Å². The molecule has 0 spiro atoms. The van der Waals surface area contributed by atoms with E-state index < -0.39 is 0 Å². The van der Waals surface area contributed by atoms with Crippen molar-refractivity contribution in [3.8, 4) is 0 Å². The molecule has 2 heterocycles. The summed E-state index contributed by atoms with van der Waals surface area (Å²) in [4.78, 5) is 12.7. The SMILES string of the molecule is S=C1N=CN=C2N=CCC12. The van der Waals surface area contributed by atoms with Gasteiger partial charge in [0.05, 0.1) is 5.92 Å². The number of amidine groups is 1. The zero-order chi connectivity index (χ0) is 6.97. The molecule has 0 saturated heterocycles. The van der Waals surface area contributed by atoms with E-state index >= 15 is 0 Å². The van der Waals surface area contributed by atoms with Gasteiger partial charge in [-0.3, -0.25) is 0 Å². The number of rotatable bonds is 0. The highest BCUT2D eigenvalue weighted by Gasteiger charge is 2.24. The second kappa shape index (κ2) is 2.05. The molecule has 0 aromatic heterocycles. The number of fused-ring (bicyclic) bond motifs is 1. The minimum absolute atomic E-state index is 0.194. The topological polar surface area (TPSA) is 37.1 Å². The summed E-state index contributed by atoms with van der Waals surface area (Å²) in [5.74, 6) is 1.01. The molecule has 0 fully saturated rings. The smallest absolute Gasteiger partial charge is 0.139 e. The summed E-state index contributed by atoms with van der Waals surface area (Å²) in [7, 11) is 0. The molecule has 0 N–H and O–H groups in total. The Morgan fingerprint density at radius 2 is 2.40 bits per heavy atom. The van der Waals surface area contributed by atoms with E-state index in [9.17, 15) is 0 Å². The molecular formula is C6H5N3S. The Balaban J connectivity index is 2.40. The first kappa shape index (κ1) is 5.85. The van der Waals surface area contributed by atoms with Crippen LogP contribution >= 0.6 is 12.2 Å². The van der Waals surface area contributed by atoms with Crippen LogP contribution in [0.4, 0.5) is 0 Å². The van der Waals surface area contributed by atoms with Crippen molar-refractivity contribution in [2.24, 2.45) is 20.9 Å². The van der Waals surface area contributed by atoms with E-state index in [1.165, 1.54) is 6.34 Å². The Kier molecular flexibility index (Phi) is 1.20. The van der Waals surface area contributed by atoms with E-state index in [0.717, 1.165) is 12.3 Å². The van der Waals surface area contributed by atoms with Crippen molar-refractivity contribution in [2.75, 3.05) is 0 Å². The minimum Gasteiger partial charge on any atom is -0.245 e. The fourth-order valence-electron chi connectivity index (χ4n) is 1.02. The minimum atomic E-state index is 0.194. The summed E-state index contributed by atoms with van der Waals surface area (Å²) in [5, 5.41) is 0. The van der Waals surface area contributed by atoms with Crippen molar-refractivity contribution >= 4 is 35.6 Å². The van der Waals surface area contributed by atoms with Gasteiger partial charge >= 0.3 is 0 Å². The largest absolute Gasteiger partial charge is 0.245 e. The summed E-state index contributed by atoms with van der Waals surface area (Å²) in [6.07, 6.45) is 4.18. The van der Waals surface area contributed by atoms with Crippen LogP contribution in [0.1, 0.15) is 6.42 Å². The van der Waals surface area contributed by atoms with Crippen LogP contribution in [-0.4, -0.2) is 23.4 Å². The second-order valence-electron chi connectivity index (χ2n) is 2.17. The molecule has 0 saturated carbocycles. The molecule has 3 nitrogen and oxygen atoms in total. The van der Waals surface area contributed by atoms with Gasteiger partial charge in [0, 0.05) is 6.21 Å². The van der Waals surface area contributed by atoms with Crippen molar-refractivity contribution < 1.29 is 0 Å². The average Bonchev–Trinajstić information content (AvgIpc) is 2.36. The van der Waals surface area contributed by atoms with Gasteiger partial charge in [0.2, 0.25) is 0 Å². The fraction of sp³-hybridized carbons (Fsp3) is 0.333. The highest BCUT2D eigenvalue weighted by molar-refractivity contribution is 7.80. The third-order valence-corrected chi connectivity index (χ3v) is 1.94. The van der Waals surface area contributed by atoms with Crippen LogP contribution in [0.15, 0.2) is 15.0 Å². The van der Waals surface area contributed by atoms with Crippen LogP contribution in [-0.2, 0) is 0 Å². The van der Waals surface area contributed by atoms with Crippen LogP contribution in [0.25, 0.3) is 0 Å². The lowest BCUT2D eigenvalue weighted by Crippen LogP contribution is -2.19. The lowest BCUT2D eigenvalue weighted by molar-refractivity contribution is 1.00. The molecule has 1 unspecified atom stereocenters. The third-order valence-electron chi connectivity index (χ3n) is 1.55. The van der Waals surface area contributed by atoms with E-state index in [1.54, 1.807) is 0 Å². The molecule has 2 aliphatic rings. The number of hydrogen-bond acceptors (Lipinski definition) is 3. The molecule has 2 rings (SSSR count). The normalized spacial score (nSPS) is 28.6. The molecule has 0 aromatic rings. The predicted molar refractivity (Wildman–Crippen MR) is 45.1 cm³/mol. The number of aliphatic imine (C=N–C) groups is 3. The van der Waals surface area contributed by atoms with Crippen molar-refractivity contribution in [3.63, 3.8) is 0 Å². The molecule has 2 aliphatic heterocycles. The van der Waals surface area contributed by atoms with Crippen LogP contribution in [0.2, 0.25) is 0 Å². The summed E-state index contributed by atoms with van der Waals surface area (Å²) in [5.41, 5.74) is 0. The molecule has 4 heteroatoms. The maximum atomic E-state index is 4.98. The van der Waals surface area contributed by atoms with Gasteiger partial charge < -0.3 is 0 Å². The van der Waals surface area contributed by atoms with E-state index in [1.807, 2.05) is 6.21 Å². The highest BCUT2D eigenvalue weighted by atomic mass is 32.1. The van der Waals surface area contributed by atoms with Gasteiger partial charge in [-0.05, 0) is 6.42 Å². The van der Waals surface area contributed by atoms with Gasteiger partial charge in [0.1, 0.15) is 17.2 Å². The van der Waals surface area contributed by atoms with Gasteiger partial charge in [-0.25, -0.2) is 15.0 Å². The molecule has 0 bridgehead atoms. The maximum absolute atomic E-state index is 4.98. The summed E-state index contributed by atoms with van der Waals surface area (Å²) < 4.78 is 0. The maximum Gasteiger partial charge on any atom is 0.139 e. The van der Waals surface area contributed by atoms with Crippen LogP contribution in [0, 0.1) is 5.92 Å². The first-order valence-corrected chi connectivity index (χ1v) is 3.45. The number of hydrogen-bond donors (Lipinski definition) is 0. The quantitative estimate of drug-likeness (QED) is 0.473. The van der Waals surface area contributed by atoms with Crippen molar-refractivity contribution in [2.45, 2.75) is 6.42 Å². The molecule has 10 heavy (non-hydrogen) atoms. The van der Waals surface area contributed by atoms with Crippen molar-refractivity contribution in [1.29, 1.82) is 0 Å². The van der Waals surface area contributed by atoms with Crippen LogP contribution in [0.3, 0.4) is 0 Å². The number of nitrogens with zero attached hydrogens (tertiary/aromatic N) is 3. The molecular weight excluding hydrogens is 146 g/mol. The predicted octanol–water partition coefficient (Wildman–Crippen LogP) is 0.845. The van der Waals surface area contributed by atoms with Crippen molar-refractivity contribution in [3.05, 3.63) is 0 Å². The molecule has 0 amide bonds. The Morgan fingerprint density at radius 3 is 3.20 bits per heavy atom. The molecule has 0 aromatic carbocycles. The first-order chi connectivity index (χ1) is 4.88. The summed E-state index contributed by atoms with van der Waals surface area (Å²) in [6, 6.07) is 0. The monoisotopic (exact) mass is 151 g/mol. The van der Waals surface area contributed by atoms with E-state index in [0.29, 0.717) is 4.99 Å². The molecule has 1 atom stereocenters. The third kappa shape index (κ3) is 0.724. The fourth-order valence-corrected chi connectivity index (χ4v) is 1.27. The summed E-state index contributed by atoms with van der Waals surface area (Å²) >= 11 is 4.98. The lowest BCUT2D eigenvalue weighted by atomic mass is 10.1. The lowest BCUT2D eigenvalue weighted by Gasteiger charge is -2.08. The van der Waals surface area contributed by atoms with E-state index in [4.69, 9.17) is 12.2 Å². The van der Waals surface area contributed by atoms with Gasteiger partial charge in [-0.1, -0.05) is 12.2 Å². The standard InChI is InChI=1S/C6H5N3S/c10-6-4-1-2-7-5(4)8-3-9-6/h2-4H,1H2. The van der Waals surface area contributed by atoms with Gasteiger partial charge in [-0.2, -0.15) is 0 Å². The zero-order valence-electron chi connectivity index (χ0n) is 5.19. The second-order valence-corrected chi connectivity index (χ2v) is 2.59. The summed E-state index contributed by atoms with van der Waals surface area (Å²) in [6.45, 7) is 0. The Bertz CT molecular complexity index is 264. The zero-order valence-corrected chi connectivity index (χ0v) is 6.01. The Morgan fingerprint density at radius 1 is 1.50 bits per heavy atom. The Labute approximate surface area is 63.6 Å². The molecule has 0 aliphatic carbocycles. The van der Waals surface area contributed by atoms with E-state index in [-0.39, 0.29) is 5.92 Å².